The number of anilines is 1. The molecule has 0 aliphatic heterocycles. The van der Waals surface area contributed by atoms with Crippen molar-refractivity contribution in [2.24, 2.45) is 0 Å². The van der Waals surface area contributed by atoms with E-state index in [9.17, 15) is 17.2 Å². The molecule has 0 atom stereocenters. The van der Waals surface area contributed by atoms with Crippen molar-refractivity contribution < 1.29 is 17.2 Å². The van der Waals surface area contributed by atoms with E-state index in [0.717, 1.165) is 30.5 Å². The number of hydrogen-bond acceptors (Lipinski definition) is 2. The molecule has 6 heteroatoms. The fourth-order valence-corrected chi connectivity index (χ4v) is 4.20. The average Bonchev–Trinajstić information content (AvgIpc) is 2.58. The Kier molecular flexibility index (Phi) is 4.85. The minimum absolute atomic E-state index is 0.0609. The van der Waals surface area contributed by atoms with Crippen molar-refractivity contribution in [3.8, 4) is 0 Å². The van der Waals surface area contributed by atoms with Gasteiger partial charge in [0.2, 0.25) is 0 Å². The molecule has 1 fully saturated rings. The lowest BCUT2D eigenvalue weighted by Gasteiger charge is -2.22. The van der Waals surface area contributed by atoms with E-state index < -0.39 is 21.7 Å². The SMILES string of the molecule is O=S(=O)(Nc1ccc(F)cc1F)c1ccc(C2CCCCC2)cc1. The molecule has 0 saturated heterocycles. The Labute approximate surface area is 140 Å². The van der Waals surface area contributed by atoms with Crippen molar-refractivity contribution in [2.75, 3.05) is 4.72 Å². The number of benzene rings is 2. The van der Waals surface area contributed by atoms with Crippen LogP contribution >= 0.6 is 0 Å². The van der Waals surface area contributed by atoms with Gasteiger partial charge in [-0.3, -0.25) is 4.72 Å². The van der Waals surface area contributed by atoms with Crippen molar-refractivity contribution in [1.82, 2.24) is 0 Å². The van der Waals surface area contributed by atoms with Crippen LogP contribution in [0.2, 0.25) is 0 Å². The van der Waals surface area contributed by atoms with Crippen LogP contribution < -0.4 is 4.72 Å². The average molecular weight is 351 g/mol. The van der Waals surface area contributed by atoms with Gasteiger partial charge in [-0.2, -0.15) is 0 Å². The van der Waals surface area contributed by atoms with Gasteiger partial charge < -0.3 is 0 Å². The lowest BCUT2D eigenvalue weighted by Crippen LogP contribution is -2.14. The molecule has 1 aliphatic rings. The summed E-state index contributed by atoms with van der Waals surface area (Å²) in [6.07, 6.45) is 5.93. The van der Waals surface area contributed by atoms with Crippen LogP contribution in [0.15, 0.2) is 47.4 Å². The third-order valence-electron chi connectivity index (χ3n) is 4.44. The molecule has 0 radical (unpaired) electrons. The minimum Gasteiger partial charge on any atom is -0.277 e. The standard InChI is InChI=1S/C18H19F2NO2S/c19-15-8-11-18(17(20)12-15)21-24(22,23)16-9-6-14(7-10-16)13-4-2-1-3-5-13/h6-13,21H,1-5H2. The molecule has 0 spiro atoms. The second-order valence-corrected chi connectivity index (χ2v) is 7.82. The molecule has 1 aliphatic carbocycles. The monoisotopic (exact) mass is 351 g/mol. The van der Waals surface area contributed by atoms with E-state index in [0.29, 0.717) is 12.0 Å². The molecule has 0 aromatic heterocycles. The zero-order valence-corrected chi connectivity index (χ0v) is 14.0. The van der Waals surface area contributed by atoms with Crippen LogP contribution in [0.25, 0.3) is 0 Å². The van der Waals surface area contributed by atoms with Gasteiger partial charge in [-0.1, -0.05) is 31.4 Å². The number of rotatable bonds is 4. The molecule has 1 N–H and O–H groups in total. The zero-order chi connectivity index (χ0) is 17.2. The predicted molar refractivity (Wildman–Crippen MR) is 89.4 cm³/mol. The smallest absolute Gasteiger partial charge is 0.261 e. The van der Waals surface area contributed by atoms with Crippen LogP contribution in [0.4, 0.5) is 14.5 Å². The predicted octanol–water partition coefficient (Wildman–Crippen LogP) is 4.81. The molecule has 0 heterocycles. The molecule has 2 aromatic rings. The van der Waals surface area contributed by atoms with Crippen molar-refractivity contribution in [1.29, 1.82) is 0 Å². The summed E-state index contributed by atoms with van der Waals surface area (Å²) < 4.78 is 53.4. The van der Waals surface area contributed by atoms with E-state index in [-0.39, 0.29) is 10.6 Å². The number of hydrogen-bond donors (Lipinski definition) is 1. The summed E-state index contributed by atoms with van der Waals surface area (Å²) in [5.41, 5.74) is 0.870. The van der Waals surface area contributed by atoms with Gasteiger partial charge in [0.15, 0.2) is 0 Å². The molecule has 0 unspecified atom stereocenters. The maximum atomic E-state index is 13.6. The summed E-state index contributed by atoms with van der Waals surface area (Å²) in [5.74, 6) is -1.22. The first kappa shape index (κ1) is 16.9. The van der Waals surface area contributed by atoms with Crippen LogP contribution in [-0.2, 0) is 10.0 Å². The summed E-state index contributed by atoms with van der Waals surface area (Å²) in [6, 6.07) is 9.44. The summed E-state index contributed by atoms with van der Waals surface area (Å²) >= 11 is 0. The topological polar surface area (TPSA) is 46.2 Å². The first-order valence-corrected chi connectivity index (χ1v) is 9.52. The molecule has 1 saturated carbocycles. The molecule has 24 heavy (non-hydrogen) atoms. The van der Waals surface area contributed by atoms with E-state index in [1.165, 1.54) is 31.4 Å². The largest absolute Gasteiger partial charge is 0.277 e. The Hall–Kier alpha value is -1.95. The van der Waals surface area contributed by atoms with Crippen molar-refractivity contribution in [2.45, 2.75) is 42.9 Å². The first-order chi connectivity index (χ1) is 11.5. The van der Waals surface area contributed by atoms with Crippen molar-refractivity contribution in [3.05, 3.63) is 59.7 Å². The van der Waals surface area contributed by atoms with Gasteiger partial charge in [0.05, 0.1) is 10.6 Å². The van der Waals surface area contributed by atoms with Gasteiger partial charge >= 0.3 is 0 Å². The molecule has 3 rings (SSSR count). The zero-order valence-electron chi connectivity index (χ0n) is 13.1. The Morgan fingerprint density at radius 3 is 2.21 bits per heavy atom. The van der Waals surface area contributed by atoms with Crippen molar-refractivity contribution >= 4 is 15.7 Å². The van der Waals surface area contributed by atoms with E-state index in [2.05, 4.69) is 4.72 Å². The van der Waals surface area contributed by atoms with E-state index in [4.69, 9.17) is 0 Å². The highest BCUT2D eigenvalue weighted by Gasteiger charge is 2.19. The van der Waals surface area contributed by atoms with Gasteiger partial charge in [0.1, 0.15) is 11.6 Å². The highest BCUT2D eigenvalue weighted by Crippen LogP contribution is 2.33. The minimum atomic E-state index is -3.91. The van der Waals surface area contributed by atoms with Gasteiger partial charge in [0, 0.05) is 6.07 Å². The summed E-state index contributed by atoms with van der Waals surface area (Å²) in [7, 11) is -3.91. The Bertz CT molecular complexity index is 813. The maximum absolute atomic E-state index is 13.6. The van der Waals surface area contributed by atoms with Crippen LogP contribution in [0.5, 0.6) is 0 Å². The van der Waals surface area contributed by atoms with Crippen LogP contribution in [0.1, 0.15) is 43.6 Å². The molecule has 2 aromatic carbocycles. The van der Waals surface area contributed by atoms with Crippen LogP contribution in [-0.4, -0.2) is 8.42 Å². The van der Waals surface area contributed by atoms with E-state index in [1.807, 2.05) is 12.1 Å². The molecule has 3 nitrogen and oxygen atoms in total. The second-order valence-electron chi connectivity index (χ2n) is 6.13. The lowest BCUT2D eigenvalue weighted by molar-refractivity contribution is 0.443. The summed E-state index contributed by atoms with van der Waals surface area (Å²) in [5, 5.41) is 0. The Morgan fingerprint density at radius 1 is 0.917 bits per heavy atom. The normalized spacial score (nSPS) is 16.1. The van der Waals surface area contributed by atoms with Gasteiger partial charge in [0.25, 0.3) is 10.0 Å². The van der Waals surface area contributed by atoms with Crippen LogP contribution in [0, 0.1) is 11.6 Å². The van der Waals surface area contributed by atoms with Gasteiger partial charge in [-0.25, -0.2) is 17.2 Å². The number of sulfonamides is 1. The Morgan fingerprint density at radius 2 is 1.58 bits per heavy atom. The first-order valence-electron chi connectivity index (χ1n) is 8.03. The molecule has 0 amide bonds. The number of halogens is 2. The molecule has 0 bridgehead atoms. The summed E-state index contributed by atoms with van der Waals surface area (Å²) in [4.78, 5) is 0.0609. The Balaban J connectivity index is 1.79. The third-order valence-corrected chi connectivity index (χ3v) is 5.82. The van der Waals surface area contributed by atoms with Gasteiger partial charge in [-0.05, 0) is 48.6 Å². The maximum Gasteiger partial charge on any atom is 0.261 e. The highest BCUT2D eigenvalue weighted by atomic mass is 32.2. The second kappa shape index (κ2) is 6.89. The van der Waals surface area contributed by atoms with E-state index in [1.54, 1.807) is 0 Å². The highest BCUT2D eigenvalue weighted by molar-refractivity contribution is 7.92. The van der Waals surface area contributed by atoms with E-state index >= 15 is 0 Å². The van der Waals surface area contributed by atoms with Crippen LogP contribution in [0.3, 0.4) is 0 Å². The number of nitrogens with one attached hydrogen (secondary N) is 1. The third kappa shape index (κ3) is 3.75. The lowest BCUT2D eigenvalue weighted by atomic mass is 9.84. The molecule has 128 valence electrons. The van der Waals surface area contributed by atoms with Crippen molar-refractivity contribution in [3.63, 3.8) is 0 Å². The fraction of sp³-hybridized carbons (Fsp3) is 0.333. The quantitative estimate of drug-likeness (QED) is 0.859. The van der Waals surface area contributed by atoms with Gasteiger partial charge in [-0.15, -0.1) is 0 Å². The molecular weight excluding hydrogens is 332 g/mol. The molecular formula is C18H19F2NO2S. The fourth-order valence-electron chi connectivity index (χ4n) is 3.13. The summed E-state index contributed by atoms with van der Waals surface area (Å²) in [6.45, 7) is 0.